The summed E-state index contributed by atoms with van der Waals surface area (Å²) in [4.78, 5) is 14.5. The van der Waals surface area contributed by atoms with E-state index in [9.17, 15) is 0 Å². The molecule has 6 nitrogen and oxygen atoms in total. The summed E-state index contributed by atoms with van der Waals surface area (Å²) in [5.41, 5.74) is 2.38. The third kappa shape index (κ3) is 6.11. The first-order valence-corrected chi connectivity index (χ1v) is 12.3. The Balaban J connectivity index is 1.35. The fourth-order valence-corrected chi connectivity index (χ4v) is 5.42. The summed E-state index contributed by atoms with van der Waals surface area (Å²) in [6, 6.07) is 8.19. The fourth-order valence-electron chi connectivity index (χ4n) is 4.59. The van der Waals surface area contributed by atoms with Crippen LogP contribution in [-0.2, 0) is 6.54 Å². The fraction of sp³-hybridized carbons (Fsp3) is 0.583. The highest BCUT2D eigenvalue weighted by Crippen LogP contribution is 2.30. The predicted octanol–water partition coefficient (Wildman–Crippen LogP) is 4.06. The quantitative estimate of drug-likeness (QED) is 0.429. The van der Waals surface area contributed by atoms with Crippen molar-refractivity contribution in [1.82, 2.24) is 19.8 Å². The van der Waals surface area contributed by atoms with Crippen molar-refractivity contribution in [3.63, 3.8) is 0 Å². The van der Waals surface area contributed by atoms with Crippen molar-refractivity contribution in [2.24, 2.45) is 0 Å². The van der Waals surface area contributed by atoms with Crippen molar-refractivity contribution in [3.05, 3.63) is 41.7 Å². The maximum Gasteiger partial charge on any atom is 0.187 e. The standard InChI is InChI=1S/C24H34N4O2S/c1-29-21-8-7-20(23(16-21)30-2)18-28-13-5-6-19(17-28)22-9-10-25-24(26-22)31-15-14-27-11-3-4-12-27/h7-10,16,19H,3-6,11-15,17-18H2,1-2H3/t19-/m1/s1. The van der Waals surface area contributed by atoms with Crippen molar-refractivity contribution < 1.29 is 9.47 Å². The normalized spacial score (nSPS) is 20.1. The number of ether oxygens (including phenoxy) is 2. The van der Waals surface area contributed by atoms with Crippen LogP contribution < -0.4 is 9.47 Å². The number of likely N-dealkylation sites (tertiary alicyclic amines) is 2. The average molecular weight is 443 g/mol. The smallest absolute Gasteiger partial charge is 0.187 e. The predicted molar refractivity (Wildman–Crippen MR) is 125 cm³/mol. The molecule has 0 aliphatic carbocycles. The number of rotatable bonds is 9. The summed E-state index contributed by atoms with van der Waals surface area (Å²) in [5.74, 6) is 3.24. The molecule has 2 aliphatic rings. The van der Waals surface area contributed by atoms with E-state index in [1.165, 1.54) is 50.0 Å². The monoisotopic (exact) mass is 442 g/mol. The molecule has 7 heteroatoms. The molecule has 0 unspecified atom stereocenters. The Morgan fingerprint density at radius 3 is 2.68 bits per heavy atom. The summed E-state index contributed by atoms with van der Waals surface area (Å²) in [5, 5.41) is 0.922. The first kappa shape index (κ1) is 22.4. The van der Waals surface area contributed by atoms with Gasteiger partial charge in [0.1, 0.15) is 11.5 Å². The van der Waals surface area contributed by atoms with Gasteiger partial charge in [-0.15, -0.1) is 0 Å². The Labute approximate surface area is 190 Å². The van der Waals surface area contributed by atoms with Crippen LogP contribution in [0.3, 0.4) is 0 Å². The zero-order chi connectivity index (χ0) is 21.5. The molecule has 0 radical (unpaired) electrons. The summed E-state index contributed by atoms with van der Waals surface area (Å²) < 4.78 is 10.9. The number of benzene rings is 1. The van der Waals surface area contributed by atoms with Gasteiger partial charge in [0.15, 0.2) is 5.16 Å². The summed E-state index contributed by atoms with van der Waals surface area (Å²) >= 11 is 1.79. The van der Waals surface area contributed by atoms with Gasteiger partial charge in [0.05, 0.1) is 14.2 Å². The maximum absolute atomic E-state index is 5.60. The molecule has 31 heavy (non-hydrogen) atoms. The lowest BCUT2D eigenvalue weighted by atomic mass is 9.94. The van der Waals surface area contributed by atoms with Crippen LogP contribution in [0.4, 0.5) is 0 Å². The van der Waals surface area contributed by atoms with E-state index in [0.29, 0.717) is 5.92 Å². The number of aromatic nitrogens is 2. The molecule has 3 heterocycles. The van der Waals surface area contributed by atoms with Gasteiger partial charge in [0.2, 0.25) is 0 Å². The Bertz CT molecular complexity index is 844. The molecule has 0 amide bonds. The van der Waals surface area contributed by atoms with Crippen LogP contribution in [0.1, 0.15) is 42.9 Å². The van der Waals surface area contributed by atoms with E-state index in [2.05, 4.69) is 26.9 Å². The molecule has 2 fully saturated rings. The largest absolute Gasteiger partial charge is 0.497 e. The first-order valence-electron chi connectivity index (χ1n) is 11.4. The molecular weight excluding hydrogens is 408 g/mol. The minimum absolute atomic E-state index is 0.457. The van der Waals surface area contributed by atoms with Crippen LogP contribution in [0.5, 0.6) is 11.5 Å². The Morgan fingerprint density at radius 1 is 1.03 bits per heavy atom. The lowest BCUT2D eigenvalue weighted by molar-refractivity contribution is 0.196. The zero-order valence-electron chi connectivity index (χ0n) is 18.8. The molecule has 0 spiro atoms. The van der Waals surface area contributed by atoms with Gasteiger partial charge in [-0.1, -0.05) is 17.8 Å². The highest BCUT2D eigenvalue weighted by Gasteiger charge is 2.24. The number of thioether (sulfide) groups is 1. The number of nitrogens with zero attached hydrogens (tertiary/aromatic N) is 4. The summed E-state index contributed by atoms with van der Waals surface area (Å²) in [7, 11) is 3.41. The lowest BCUT2D eigenvalue weighted by Crippen LogP contribution is -2.34. The van der Waals surface area contributed by atoms with Crippen molar-refractivity contribution in [2.75, 3.05) is 52.7 Å². The molecule has 2 aromatic rings. The third-order valence-corrected chi connectivity index (χ3v) is 7.15. The Kier molecular flexibility index (Phi) is 8.05. The third-order valence-electron chi connectivity index (χ3n) is 6.30. The molecule has 0 N–H and O–H groups in total. The van der Waals surface area contributed by atoms with E-state index in [1.54, 1.807) is 26.0 Å². The molecule has 4 rings (SSSR count). The van der Waals surface area contributed by atoms with E-state index in [0.717, 1.165) is 48.6 Å². The number of hydrogen-bond donors (Lipinski definition) is 0. The second kappa shape index (κ2) is 11.2. The first-order chi connectivity index (χ1) is 15.2. The van der Waals surface area contributed by atoms with E-state index in [1.807, 2.05) is 18.3 Å². The molecule has 168 valence electrons. The SMILES string of the molecule is COc1ccc(CN2CCC[C@@H](c3ccnc(SCCN4CCCC4)n3)C2)c(OC)c1. The van der Waals surface area contributed by atoms with E-state index >= 15 is 0 Å². The molecule has 2 aliphatic heterocycles. The van der Waals surface area contributed by atoms with Crippen LogP contribution in [0, 0.1) is 0 Å². The van der Waals surface area contributed by atoms with E-state index < -0.39 is 0 Å². The minimum atomic E-state index is 0.457. The van der Waals surface area contributed by atoms with Crippen LogP contribution in [0.15, 0.2) is 35.6 Å². The van der Waals surface area contributed by atoms with E-state index in [-0.39, 0.29) is 0 Å². The molecule has 1 atom stereocenters. The van der Waals surface area contributed by atoms with Crippen molar-refractivity contribution in [2.45, 2.75) is 43.3 Å². The second-order valence-corrected chi connectivity index (χ2v) is 9.48. The Hall–Kier alpha value is -1.83. The number of hydrogen-bond acceptors (Lipinski definition) is 7. The van der Waals surface area contributed by atoms with Crippen molar-refractivity contribution >= 4 is 11.8 Å². The second-order valence-electron chi connectivity index (χ2n) is 8.41. The van der Waals surface area contributed by atoms with Crippen molar-refractivity contribution in [1.29, 1.82) is 0 Å². The highest BCUT2D eigenvalue weighted by atomic mass is 32.2. The van der Waals surface area contributed by atoms with Gasteiger partial charge in [-0.05, 0) is 57.5 Å². The van der Waals surface area contributed by atoms with Gasteiger partial charge in [0, 0.05) is 54.8 Å². The topological polar surface area (TPSA) is 50.7 Å². The molecular formula is C24H34N4O2S. The molecule has 0 bridgehead atoms. The van der Waals surface area contributed by atoms with Crippen LogP contribution in [-0.4, -0.2) is 72.5 Å². The minimum Gasteiger partial charge on any atom is -0.497 e. The molecule has 1 aromatic heterocycles. The zero-order valence-corrected chi connectivity index (χ0v) is 19.6. The van der Waals surface area contributed by atoms with Crippen LogP contribution >= 0.6 is 11.8 Å². The van der Waals surface area contributed by atoms with Gasteiger partial charge in [-0.25, -0.2) is 9.97 Å². The van der Waals surface area contributed by atoms with Crippen LogP contribution in [0.2, 0.25) is 0 Å². The van der Waals surface area contributed by atoms with Crippen LogP contribution in [0.25, 0.3) is 0 Å². The summed E-state index contributed by atoms with van der Waals surface area (Å²) in [6.07, 6.45) is 7.00. The molecule has 1 aromatic carbocycles. The maximum atomic E-state index is 5.60. The molecule has 0 saturated carbocycles. The van der Waals surface area contributed by atoms with Gasteiger partial charge < -0.3 is 14.4 Å². The Morgan fingerprint density at radius 2 is 1.87 bits per heavy atom. The summed E-state index contributed by atoms with van der Waals surface area (Å²) in [6.45, 7) is 6.64. The van der Waals surface area contributed by atoms with Gasteiger partial charge in [-0.2, -0.15) is 0 Å². The van der Waals surface area contributed by atoms with Gasteiger partial charge in [-0.3, -0.25) is 4.90 Å². The molecule has 2 saturated heterocycles. The number of methoxy groups -OCH3 is 2. The number of piperidine rings is 1. The van der Waals surface area contributed by atoms with Gasteiger partial charge >= 0.3 is 0 Å². The highest BCUT2D eigenvalue weighted by molar-refractivity contribution is 7.99. The lowest BCUT2D eigenvalue weighted by Gasteiger charge is -2.32. The van der Waals surface area contributed by atoms with Crippen molar-refractivity contribution in [3.8, 4) is 11.5 Å². The van der Waals surface area contributed by atoms with Gasteiger partial charge in [0.25, 0.3) is 0 Å². The van der Waals surface area contributed by atoms with E-state index in [4.69, 9.17) is 14.5 Å². The average Bonchev–Trinajstić information content (AvgIpc) is 3.33.